The van der Waals surface area contributed by atoms with Gasteiger partial charge in [0.25, 0.3) is 0 Å². The van der Waals surface area contributed by atoms with Gasteiger partial charge in [-0.1, -0.05) is 18.2 Å². The lowest BCUT2D eigenvalue weighted by molar-refractivity contribution is -0.139. The molecule has 0 amide bonds. The summed E-state index contributed by atoms with van der Waals surface area (Å²) in [5.74, 6) is -1.81. The average Bonchev–Trinajstić information content (AvgIpc) is 2.95. The van der Waals surface area contributed by atoms with E-state index >= 15 is 0 Å². The lowest BCUT2D eigenvalue weighted by Crippen LogP contribution is -2.12. The van der Waals surface area contributed by atoms with Gasteiger partial charge in [0.05, 0.1) is 6.61 Å². The molecular weight excluding hydrogens is 288 g/mol. The second-order valence-electron chi connectivity index (χ2n) is 4.26. The van der Waals surface area contributed by atoms with Crippen molar-refractivity contribution in [2.75, 3.05) is 13.2 Å². The summed E-state index contributed by atoms with van der Waals surface area (Å²) in [6.07, 6.45) is 1.85. The van der Waals surface area contributed by atoms with E-state index in [1.54, 1.807) is 25.1 Å². The number of fused-ring (bicyclic) bond motifs is 1. The van der Waals surface area contributed by atoms with Crippen molar-refractivity contribution in [3.63, 3.8) is 0 Å². The largest absolute Gasteiger partial charge is 0.463 e. The van der Waals surface area contributed by atoms with E-state index in [4.69, 9.17) is 9.15 Å². The van der Waals surface area contributed by atoms with E-state index in [9.17, 15) is 14.4 Å². The Morgan fingerprint density at radius 1 is 1.09 bits per heavy atom. The molecule has 0 N–H and O–H groups in total. The SMILES string of the molecule is CCOC(=O)/C=C/C(=O)OCC(=O)c1cc2ccccc2o1. The number of esters is 2. The Morgan fingerprint density at radius 2 is 1.77 bits per heavy atom. The topological polar surface area (TPSA) is 82.8 Å². The quantitative estimate of drug-likeness (QED) is 0.462. The molecule has 0 aliphatic heterocycles. The van der Waals surface area contributed by atoms with Crippen molar-refractivity contribution in [1.29, 1.82) is 0 Å². The summed E-state index contributed by atoms with van der Waals surface area (Å²) in [5.41, 5.74) is 0.583. The standard InChI is InChI=1S/C16H14O6/c1-2-20-15(18)7-8-16(19)21-10-12(17)14-9-11-5-3-4-6-13(11)22-14/h3-9H,2,10H2,1H3/b8-7+. The number of ether oxygens (including phenoxy) is 2. The van der Waals surface area contributed by atoms with E-state index in [2.05, 4.69) is 4.74 Å². The molecule has 114 valence electrons. The number of ketones is 1. The minimum absolute atomic E-state index is 0.114. The zero-order valence-electron chi connectivity index (χ0n) is 11.9. The van der Waals surface area contributed by atoms with E-state index in [1.807, 2.05) is 12.1 Å². The Morgan fingerprint density at radius 3 is 2.45 bits per heavy atom. The van der Waals surface area contributed by atoms with Gasteiger partial charge < -0.3 is 13.9 Å². The number of carbonyl (C=O) groups is 3. The smallest absolute Gasteiger partial charge is 0.331 e. The summed E-state index contributed by atoms with van der Waals surface area (Å²) in [7, 11) is 0. The van der Waals surface area contributed by atoms with Crippen molar-refractivity contribution in [2.45, 2.75) is 6.92 Å². The molecule has 0 atom stereocenters. The molecule has 0 aliphatic carbocycles. The summed E-state index contributed by atoms with van der Waals surface area (Å²) in [6.45, 7) is 1.39. The normalized spacial score (nSPS) is 10.8. The zero-order valence-corrected chi connectivity index (χ0v) is 11.9. The highest BCUT2D eigenvalue weighted by molar-refractivity contribution is 6.00. The third-order valence-corrected chi connectivity index (χ3v) is 2.69. The summed E-state index contributed by atoms with van der Waals surface area (Å²) < 4.78 is 14.7. The summed E-state index contributed by atoms with van der Waals surface area (Å²) in [4.78, 5) is 34.2. The van der Waals surface area contributed by atoms with Gasteiger partial charge in [-0.15, -0.1) is 0 Å². The third-order valence-electron chi connectivity index (χ3n) is 2.69. The summed E-state index contributed by atoms with van der Waals surface area (Å²) in [5, 5.41) is 0.791. The van der Waals surface area contributed by atoms with Gasteiger partial charge in [-0.25, -0.2) is 9.59 Å². The van der Waals surface area contributed by atoms with Crippen LogP contribution in [0, 0.1) is 0 Å². The second kappa shape index (κ2) is 7.21. The van der Waals surface area contributed by atoms with Crippen LogP contribution in [-0.4, -0.2) is 30.9 Å². The first-order valence-corrected chi connectivity index (χ1v) is 6.63. The molecule has 1 aromatic carbocycles. The van der Waals surface area contributed by atoms with Crippen LogP contribution in [0.1, 0.15) is 17.5 Å². The van der Waals surface area contributed by atoms with Crippen LogP contribution < -0.4 is 0 Å². The van der Waals surface area contributed by atoms with Crippen LogP contribution in [0.3, 0.4) is 0 Å². The Labute approximate surface area is 126 Å². The molecule has 0 bridgehead atoms. The molecule has 0 saturated heterocycles. The first-order valence-electron chi connectivity index (χ1n) is 6.63. The van der Waals surface area contributed by atoms with E-state index in [1.165, 1.54) is 0 Å². The van der Waals surface area contributed by atoms with Crippen LogP contribution in [0.5, 0.6) is 0 Å². The van der Waals surface area contributed by atoms with E-state index in [0.29, 0.717) is 5.58 Å². The molecule has 0 aliphatic rings. The van der Waals surface area contributed by atoms with Crippen LogP contribution in [-0.2, 0) is 19.1 Å². The Hall–Kier alpha value is -2.89. The number of carbonyl (C=O) groups excluding carboxylic acids is 3. The second-order valence-corrected chi connectivity index (χ2v) is 4.26. The highest BCUT2D eigenvalue weighted by atomic mass is 16.5. The van der Waals surface area contributed by atoms with Crippen LogP contribution >= 0.6 is 0 Å². The molecule has 0 unspecified atom stereocenters. The molecule has 0 fully saturated rings. The van der Waals surface area contributed by atoms with Crippen molar-refractivity contribution in [2.24, 2.45) is 0 Å². The van der Waals surface area contributed by atoms with Gasteiger partial charge in [-0.05, 0) is 19.1 Å². The molecule has 1 heterocycles. The van der Waals surface area contributed by atoms with Gasteiger partial charge in [-0.2, -0.15) is 0 Å². The first kappa shape index (κ1) is 15.5. The number of hydrogen-bond donors (Lipinski definition) is 0. The van der Waals surface area contributed by atoms with Crippen LogP contribution in [0.2, 0.25) is 0 Å². The first-order chi connectivity index (χ1) is 10.6. The predicted molar refractivity (Wildman–Crippen MR) is 77.3 cm³/mol. The number of benzene rings is 1. The molecule has 2 rings (SSSR count). The molecule has 0 saturated carbocycles. The fourth-order valence-electron chi connectivity index (χ4n) is 1.70. The molecular formula is C16H14O6. The monoisotopic (exact) mass is 302 g/mol. The predicted octanol–water partition coefficient (Wildman–Crippen LogP) is 2.28. The van der Waals surface area contributed by atoms with Crippen molar-refractivity contribution >= 4 is 28.7 Å². The zero-order chi connectivity index (χ0) is 15.9. The van der Waals surface area contributed by atoms with Crippen molar-refractivity contribution in [1.82, 2.24) is 0 Å². The van der Waals surface area contributed by atoms with Gasteiger partial charge in [-0.3, -0.25) is 4.79 Å². The molecule has 6 heteroatoms. The highest BCUT2D eigenvalue weighted by Crippen LogP contribution is 2.19. The Bertz CT molecular complexity index is 692. The van der Waals surface area contributed by atoms with Crippen LogP contribution in [0.4, 0.5) is 0 Å². The average molecular weight is 302 g/mol. The Kier molecular flexibility index (Phi) is 5.08. The number of rotatable bonds is 6. The summed E-state index contributed by atoms with van der Waals surface area (Å²) in [6, 6.07) is 8.75. The minimum atomic E-state index is -0.808. The third kappa shape index (κ3) is 4.05. The Balaban J connectivity index is 1.89. The van der Waals surface area contributed by atoms with Gasteiger partial charge in [0.1, 0.15) is 5.58 Å². The molecule has 22 heavy (non-hydrogen) atoms. The molecule has 0 spiro atoms. The van der Waals surface area contributed by atoms with E-state index in [-0.39, 0.29) is 12.4 Å². The van der Waals surface area contributed by atoms with E-state index < -0.39 is 24.3 Å². The lowest BCUT2D eigenvalue weighted by atomic mass is 10.2. The van der Waals surface area contributed by atoms with Gasteiger partial charge >= 0.3 is 11.9 Å². The molecule has 6 nitrogen and oxygen atoms in total. The maximum absolute atomic E-state index is 11.9. The van der Waals surface area contributed by atoms with Crippen LogP contribution in [0.15, 0.2) is 46.9 Å². The van der Waals surface area contributed by atoms with Crippen molar-refractivity contribution < 1.29 is 28.3 Å². The number of hydrogen-bond acceptors (Lipinski definition) is 6. The van der Waals surface area contributed by atoms with Crippen molar-refractivity contribution in [3.05, 3.63) is 48.2 Å². The highest BCUT2D eigenvalue weighted by Gasteiger charge is 2.14. The van der Waals surface area contributed by atoms with Gasteiger partial charge in [0.15, 0.2) is 12.4 Å². The van der Waals surface area contributed by atoms with Crippen LogP contribution in [0.25, 0.3) is 11.0 Å². The maximum Gasteiger partial charge on any atom is 0.331 e. The number of furan rings is 1. The molecule has 0 radical (unpaired) electrons. The molecule has 1 aromatic heterocycles. The number of para-hydroxylation sites is 1. The lowest BCUT2D eigenvalue weighted by Gasteiger charge is -1.99. The fourth-order valence-corrected chi connectivity index (χ4v) is 1.70. The van der Waals surface area contributed by atoms with Gasteiger partial charge in [0.2, 0.25) is 5.78 Å². The fraction of sp³-hybridized carbons (Fsp3) is 0.188. The minimum Gasteiger partial charge on any atom is -0.463 e. The molecule has 2 aromatic rings. The summed E-state index contributed by atoms with van der Waals surface area (Å²) >= 11 is 0. The van der Waals surface area contributed by atoms with Crippen molar-refractivity contribution in [3.8, 4) is 0 Å². The number of Topliss-reactive ketones (excluding diaryl/α,β-unsaturated/α-hetero) is 1. The van der Waals surface area contributed by atoms with Gasteiger partial charge in [0, 0.05) is 17.5 Å². The van der Waals surface area contributed by atoms with E-state index in [0.717, 1.165) is 17.5 Å². The maximum atomic E-state index is 11.9.